The van der Waals surface area contributed by atoms with Gasteiger partial charge in [0.15, 0.2) is 6.23 Å². The summed E-state index contributed by atoms with van der Waals surface area (Å²) in [7, 11) is 0. The summed E-state index contributed by atoms with van der Waals surface area (Å²) in [4.78, 5) is 13.5. The summed E-state index contributed by atoms with van der Waals surface area (Å²) in [6, 6.07) is 0.433. The molecule has 16 heavy (non-hydrogen) atoms. The zero-order valence-electron chi connectivity index (χ0n) is 11.0. The predicted molar refractivity (Wildman–Crippen MR) is 67.1 cm³/mol. The molecule has 0 amide bonds. The van der Waals surface area contributed by atoms with Gasteiger partial charge in [-0.3, -0.25) is 4.90 Å². The standard InChI is InChI=1S/C13H25NO2/c1-6-10-14(11(5)7-2)12(8-3)16-13(15)9-4/h9,11-12H,4,6-8,10H2,1-3,5H3. The first-order valence-electron chi connectivity index (χ1n) is 6.19. The average molecular weight is 227 g/mol. The van der Waals surface area contributed by atoms with Crippen molar-refractivity contribution in [2.75, 3.05) is 6.54 Å². The molecule has 0 aliphatic heterocycles. The maximum absolute atomic E-state index is 11.2. The van der Waals surface area contributed by atoms with Crippen molar-refractivity contribution in [1.29, 1.82) is 0 Å². The summed E-state index contributed by atoms with van der Waals surface area (Å²) in [6.45, 7) is 12.9. The van der Waals surface area contributed by atoms with Crippen molar-refractivity contribution >= 4 is 5.97 Å². The number of esters is 1. The molecule has 0 aromatic carbocycles. The molecule has 0 aliphatic rings. The second kappa shape index (κ2) is 8.34. The Morgan fingerprint density at radius 1 is 1.38 bits per heavy atom. The van der Waals surface area contributed by atoms with Crippen LogP contribution in [0.2, 0.25) is 0 Å². The molecule has 2 atom stereocenters. The molecule has 0 saturated heterocycles. The van der Waals surface area contributed by atoms with E-state index in [1.54, 1.807) is 0 Å². The first-order valence-corrected chi connectivity index (χ1v) is 6.19. The van der Waals surface area contributed by atoms with Crippen LogP contribution in [0.15, 0.2) is 12.7 Å². The third kappa shape index (κ3) is 4.79. The number of ether oxygens (including phenoxy) is 1. The number of rotatable bonds is 8. The Bertz CT molecular complexity index is 216. The Kier molecular flexibility index (Phi) is 7.90. The van der Waals surface area contributed by atoms with E-state index in [0.29, 0.717) is 6.04 Å². The highest BCUT2D eigenvalue weighted by molar-refractivity contribution is 5.81. The molecular weight excluding hydrogens is 202 g/mol. The van der Waals surface area contributed by atoms with Gasteiger partial charge in [-0.05, 0) is 26.2 Å². The van der Waals surface area contributed by atoms with Gasteiger partial charge < -0.3 is 4.74 Å². The van der Waals surface area contributed by atoms with Crippen molar-refractivity contribution in [3.63, 3.8) is 0 Å². The summed E-state index contributed by atoms with van der Waals surface area (Å²) >= 11 is 0. The average Bonchev–Trinajstić information content (AvgIpc) is 2.32. The summed E-state index contributed by atoms with van der Waals surface area (Å²) in [5.74, 6) is -0.337. The van der Waals surface area contributed by atoms with Crippen LogP contribution in [0.4, 0.5) is 0 Å². The molecule has 0 radical (unpaired) electrons. The SMILES string of the molecule is C=CC(=O)OC(CC)N(CCC)C(C)CC. The van der Waals surface area contributed by atoms with Gasteiger partial charge in [0, 0.05) is 18.7 Å². The van der Waals surface area contributed by atoms with Crippen LogP contribution in [-0.4, -0.2) is 29.7 Å². The molecule has 3 heteroatoms. The van der Waals surface area contributed by atoms with E-state index in [0.717, 1.165) is 25.8 Å². The van der Waals surface area contributed by atoms with Gasteiger partial charge in [-0.1, -0.05) is 27.4 Å². The molecule has 0 heterocycles. The van der Waals surface area contributed by atoms with Crippen molar-refractivity contribution < 1.29 is 9.53 Å². The fraction of sp³-hybridized carbons (Fsp3) is 0.769. The topological polar surface area (TPSA) is 29.5 Å². The quantitative estimate of drug-likeness (QED) is 0.363. The lowest BCUT2D eigenvalue weighted by molar-refractivity contribution is -0.155. The van der Waals surface area contributed by atoms with Gasteiger partial charge >= 0.3 is 5.97 Å². The maximum Gasteiger partial charge on any atom is 0.331 e. The fourth-order valence-electron chi connectivity index (χ4n) is 1.71. The van der Waals surface area contributed by atoms with Gasteiger partial charge in [-0.15, -0.1) is 0 Å². The van der Waals surface area contributed by atoms with Crippen LogP contribution < -0.4 is 0 Å². The van der Waals surface area contributed by atoms with E-state index in [1.807, 2.05) is 6.92 Å². The Morgan fingerprint density at radius 3 is 2.38 bits per heavy atom. The summed E-state index contributed by atoms with van der Waals surface area (Å²) in [6.07, 6.45) is 4.03. The summed E-state index contributed by atoms with van der Waals surface area (Å²) in [5.41, 5.74) is 0. The monoisotopic (exact) mass is 227 g/mol. The Labute approximate surface area is 99.5 Å². The molecule has 0 aliphatic carbocycles. The van der Waals surface area contributed by atoms with E-state index in [1.165, 1.54) is 6.08 Å². The van der Waals surface area contributed by atoms with Crippen LogP contribution in [0, 0.1) is 0 Å². The molecule has 3 nitrogen and oxygen atoms in total. The first kappa shape index (κ1) is 15.2. The van der Waals surface area contributed by atoms with Crippen molar-refractivity contribution in [2.24, 2.45) is 0 Å². The van der Waals surface area contributed by atoms with Crippen LogP contribution in [0.1, 0.15) is 47.0 Å². The maximum atomic E-state index is 11.2. The van der Waals surface area contributed by atoms with Gasteiger partial charge in [0.1, 0.15) is 0 Å². The molecule has 0 saturated carbocycles. The second-order valence-corrected chi connectivity index (χ2v) is 4.00. The minimum atomic E-state index is -0.337. The minimum absolute atomic E-state index is 0.125. The van der Waals surface area contributed by atoms with E-state index in [4.69, 9.17) is 4.74 Å². The Morgan fingerprint density at radius 2 is 2.00 bits per heavy atom. The number of hydrogen-bond acceptors (Lipinski definition) is 3. The van der Waals surface area contributed by atoms with E-state index in [-0.39, 0.29) is 12.2 Å². The third-order valence-electron chi connectivity index (χ3n) is 2.78. The Hall–Kier alpha value is -0.830. The van der Waals surface area contributed by atoms with Crippen LogP contribution >= 0.6 is 0 Å². The number of carbonyl (C=O) groups excluding carboxylic acids is 1. The molecule has 0 N–H and O–H groups in total. The van der Waals surface area contributed by atoms with Crippen LogP contribution in [0.3, 0.4) is 0 Å². The van der Waals surface area contributed by atoms with E-state index < -0.39 is 0 Å². The lowest BCUT2D eigenvalue weighted by Crippen LogP contribution is -2.44. The van der Waals surface area contributed by atoms with Crippen molar-refractivity contribution in [1.82, 2.24) is 4.90 Å². The van der Waals surface area contributed by atoms with Gasteiger partial charge in [0.2, 0.25) is 0 Å². The zero-order valence-corrected chi connectivity index (χ0v) is 11.0. The smallest absolute Gasteiger partial charge is 0.331 e. The highest BCUT2D eigenvalue weighted by atomic mass is 16.6. The molecule has 0 rings (SSSR count). The van der Waals surface area contributed by atoms with Crippen LogP contribution in [0.5, 0.6) is 0 Å². The number of hydrogen-bond donors (Lipinski definition) is 0. The zero-order chi connectivity index (χ0) is 12.6. The van der Waals surface area contributed by atoms with Crippen LogP contribution in [-0.2, 0) is 9.53 Å². The van der Waals surface area contributed by atoms with E-state index in [2.05, 4.69) is 32.3 Å². The lowest BCUT2D eigenvalue weighted by Gasteiger charge is -2.34. The lowest BCUT2D eigenvalue weighted by atomic mass is 10.2. The molecule has 2 unspecified atom stereocenters. The first-order chi connectivity index (χ1) is 7.60. The van der Waals surface area contributed by atoms with Crippen molar-refractivity contribution in [2.45, 2.75) is 59.2 Å². The molecule has 0 bridgehead atoms. The van der Waals surface area contributed by atoms with Gasteiger partial charge in [0.05, 0.1) is 0 Å². The fourth-order valence-corrected chi connectivity index (χ4v) is 1.71. The largest absolute Gasteiger partial charge is 0.443 e. The Balaban J connectivity index is 4.55. The highest BCUT2D eigenvalue weighted by Crippen LogP contribution is 2.14. The van der Waals surface area contributed by atoms with Gasteiger partial charge in [0.25, 0.3) is 0 Å². The third-order valence-corrected chi connectivity index (χ3v) is 2.78. The molecule has 0 aromatic heterocycles. The van der Waals surface area contributed by atoms with Gasteiger partial charge in [-0.25, -0.2) is 4.79 Å². The van der Waals surface area contributed by atoms with Crippen LogP contribution in [0.25, 0.3) is 0 Å². The van der Waals surface area contributed by atoms with Crippen molar-refractivity contribution in [3.8, 4) is 0 Å². The van der Waals surface area contributed by atoms with E-state index in [9.17, 15) is 4.79 Å². The second-order valence-electron chi connectivity index (χ2n) is 4.00. The molecule has 0 fully saturated rings. The summed E-state index contributed by atoms with van der Waals surface area (Å²) in [5, 5.41) is 0. The molecule has 0 aromatic rings. The van der Waals surface area contributed by atoms with Crippen molar-refractivity contribution in [3.05, 3.63) is 12.7 Å². The normalized spacial score (nSPS) is 14.6. The molecular formula is C13H25NO2. The van der Waals surface area contributed by atoms with Gasteiger partial charge in [-0.2, -0.15) is 0 Å². The predicted octanol–water partition coefficient (Wildman–Crippen LogP) is 2.96. The molecule has 0 spiro atoms. The number of nitrogens with zero attached hydrogens (tertiary/aromatic N) is 1. The summed E-state index contributed by atoms with van der Waals surface area (Å²) < 4.78 is 5.36. The number of carbonyl (C=O) groups is 1. The highest BCUT2D eigenvalue weighted by Gasteiger charge is 2.22. The minimum Gasteiger partial charge on any atom is -0.443 e. The molecule has 94 valence electrons. The van der Waals surface area contributed by atoms with E-state index >= 15 is 0 Å².